The first kappa shape index (κ1) is 13.3. The maximum atomic E-state index is 6.15. The van der Waals surface area contributed by atoms with E-state index in [1.807, 2.05) is 6.20 Å². The van der Waals surface area contributed by atoms with Crippen LogP contribution in [-0.4, -0.2) is 48.1 Å². The highest BCUT2D eigenvalue weighted by molar-refractivity contribution is 7.13. The monoisotopic (exact) mass is 280 g/mol. The Kier molecular flexibility index (Phi) is 3.78. The van der Waals surface area contributed by atoms with E-state index in [0.717, 1.165) is 38.6 Å². The van der Waals surface area contributed by atoms with Crippen molar-refractivity contribution in [3.8, 4) is 0 Å². The maximum absolute atomic E-state index is 6.15. The molecular formula is C14H24N4S. The Morgan fingerprint density at radius 1 is 1.42 bits per heavy atom. The van der Waals surface area contributed by atoms with Crippen LogP contribution in [0.3, 0.4) is 0 Å². The van der Waals surface area contributed by atoms with Crippen LogP contribution in [0.5, 0.6) is 0 Å². The number of aromatic nitrogens is 1. The standard InChI is InChI=1S/C14H24N4S/c1-12-3-2-4-14(12,11-15)18-8-6-17(7-9-18)13-16-5-10-19-13/h5,10,12H,2-4,6-9,11,15H2,1H3. The second-order valence-corrected chi connectivity index (χ2v) is 6.76. The molecule has 2 N–H and O–H groups in total. The summed E-state index contributed by atoms with van der Waals surface area (Å²) in [6.45, 7) is 7.62. The fourth-order valence-electron chi connectivity index (χ4n) is 3.85. The van der Waals surface area contributed by atoms with Gasteiger partial charge in [-0.2, -0.15) is 0 Å². The van der Waals surface area contributed by atoms with Gasteiger partial charge in [0.2, 0.25) is 0 Å². The molecule has 0 bridgehead atoms. The van der Waals surface area contributed by atoms with Crippen molar-refractivity contribution >= 4 is 16.5 Å². The van der Waals surface area contributed by atoms with Gasteiger partial charge in [0.05, 0.1) is 0 Å². The quantitative estimate of drug-likeness (QED) is 0.917. The van der Waals surface area contributed by atoms with Crippen LogP contribution in [0.2, 0.25) is 0 Å². The summed E-state index contributed by atoms with van der Waals surface area (Å²) in [5.41, 5.74) is 6.43. The van der Waals surface area contributed by atoms with Crippen LogP contribution < -0.4 is 10.6 Å². The number of thiazole rings is 1. The minimum absolute atomic E-state index is 0.273. The average Bonchev–Trinajstić information content (AvgIpc) is 3.09. The summed E-state index contributed by atoms with van der Waals surface area (Å²) >= 11 is 1.74. The molecule has 2 unspecified atom stereocenters. The van der Waals surface area contributed by atoms with E-state index in [1.54, 1.807) is 11.3 Å². The van der Waals surface area contributed by atoms with Crippen molar-refractivity contribution in [1.29, 1.82) is 0 Å². The van der Waals surface area contributed by atoms with Gasteiger partial charge in [0.1, 0.15) is 0 Å². The smallest absolute Gasteiger partial charge is 0.185 e. The van der Waals surface area contributed by atoms with Crippen molar-refractivity contribution in [2.24, 2.45) is 11.7 Å². The Balaban J connectivity index is 1.66. The number of piperazine rings is 1. The molecule has 2 aliphatic rings. The van der Waals surface area contributed by atoms with Gasteiger partial charge in [-0.15, -0.1) is 11.3 Å². The van der Waals surface area contributed by atoms with Crippen molar-refractivity contribution in [2.75, 3.05) is 37.6 Å². The van der Waals surface area contributed by atoms with Gasteiger partial charge in [-0.3, -0.25) is 4.90 Å². The van der Waals surface area contributed by atoms with Gasteiger partial charge >= 0.3 is 0 Å². The zero-order valence-corrected chi connectivity index (χ0v) is 12.5. The third-order valence-corrected chi connectivity index (χ3v) is 5.95. The van der Waals surface area contributed by atoms with Crippen molar-refractivity contribution in [3.05, 3.63) is 11.6 Å². The summed E-state index contributed by atoms with van der Waals surface area (Å²) in [5.74, 6) is 0.740. The molecule has 1 aromatic rings. The van der Waals surface area contributed by atoms with E-state index in [9.17, 15) is 0 Å². The zero-order chi connectivity index (χ0) is 13.3. The number of rotatable bonds is 3. The highest BCUT2D eigenvalue weighted by atomic mass is 32.1. The Morgan fingerprint density at radius 2 is 2.21 bits per heavy atom. The molecule has 1 saturated carbocycles. The van der Waals surface area contributed by atoms with E-state index in [2.05, 4.69) is 27.1 Å². The molecule has 0 aromatic carbocycles. The number of nitrogens with two attached hydrogens (primary N) is 1. The van der Waals surface area contributed by atoms with Crippen LogP contribution in [0.15, 0.2) is 11.6 Å². The van der Waals surface area contributed by atoms with Crippen LogP contribution in [0.25, 0.3) is 0 Å². The first-order valence-electron chi connectivity index (χ1n) is 7.36. The molecule has 4 nitrogen and oxygen atoms in total. The lowest BCUT2D eigenvalue weighted by molar-refractivity contribution is 0.0582. The summed E-state index contributed by atoms with van der Waals surface area (Å²) in [5, 5.41) is 3.23. The molecular weight excluding hydrogens is 256 g/mol. The minimum Gasteiger partial charge on any atom is -0.346 e. The van der Waals surface area contributed by atoms with Gasteiger partial charge in [-0.05, 0) is 18.8 Å². The fraction of sp³-hybridized carbons (Fsp3) is 0.786. The van der Waals surface area contributed by atoms with E-state index in [1.165, 1.54) is 24.4 Å². The number of anilines is 1. The molecule has 1 saturated heterocycles. The summed E-state index contributed by atoms with van der Waals surface area (Å²) in [6.07, 6.45) is 5.85. The molecule has 2 heterocycles. The topological polar surface area (TPSA) is 45.4 Å². The maximum Gasteiger partial charge on any atom is 0.185 e. The number of nitrogens with zero attached hydrogens (tertiary/aromatic N) is 3. The normalized spacial score (nSPS) is 32.9. The average molecular weight is 280 g/mol. The zero-order valence-electron chi connectivity index (χ0n) is 11.7. The van der Waals surface area contributed by atoms with E-state index >= 15 is 0 Å². The third kappa shape index (κ3) is 2.28. The molecule has 1 aliphatic carbocycles. The van der Waals surface area contributed by atoms with Gasteiger partial charge < -0.3 is 10.6 Å². The Labute approximate surface area is 119 Å². The van der Waals surface area contributed by atoms with Crippen molar-refractivity contribution in [2.45, 2.75) is 31.7 Å². The molecule has 3 rings (SSSR count). The van der Waals surface area contributed by atoms with E-state index in [-0.39, 0.29) is 5.54 Å². The van der Waals surface area contributed by atoms with Crippen LogP contribution in [0, 0.1) is 5.92 Å². The van der Waals surface area contributed by atoms with Crippen LogP contribution in [0.4, 0.5) is 5.13 Å². The Bertz CT molecular complexity index is 400. The molecule has 1 aromatic heterocycles. The second kappa shape index (κ2) is 5.38. The van der Waals surface area contributed by atoms with Gasteiger partial charge in [0.15, 0.2) is 5.13 Å². The molecule has 0 radical (unpaired) electrons. The lowest BCUT2D eigenvalue weighted by atomic mass is 9.86. The highest BCUT2D eigenvalue weighted by Crippen LogP contribution is 2.40. The molecule has 106 valence electrons. The van der Waals surface area contributed by atoms with E-state index in [4.69, 9.17) is 5.73 Å². The van der Waals surface area contributed by atoms with Crippen molar-refractivity contribution in [3.63, 3.8) is 0 Å². The Morgan fingerprint density at radius 3 is 2.74 bits per heavy atom. The number of hydrogen-bond acceptors (Lipinski definition) is 5. The molecule has 2 fully saturated rings. The molecule has 0 amide bonds. The van der Waals surface area contributed by atoms with Gasteiger partial charge in [-0.25, -0.2) is 4.98 Å². The van der Waals surface area contributed by atoms with Gasteiger partial charge in [-0.1, -0.05) is 13.3 Å². The summed E-state index contributed by atoms with van der Waals surface area (Å²) < 4.78 is 0. The molecule has 1 aliphatic heterocycles. The van der Waals surface area contributed by atoms with Crippen LogP contribution in [-0.2, 0) is 0 Å². The SMILES string of the molecule is CC1CCCC1(CN)N1CCN(c2nccs2)CC1. The van der Waals surface area contributed by atoms with Gasteiger partial charge in [0, 0.05) is 49.8 Å². The lowest BCUT2D eigenvalue weighted by Gasteiger charge is -2.48. The summed E-state index contributed by atoms with van der Waals surface area (Å²) in [7, 11) is 0. The molecule has 0 spiro atoms. The Hall–Kier alpha value is -0.650. The van der Waals surface area contributed by atoms with Crippen molar-refractivity contribution in [1.82, 2.24) is 9.88 Å². The first-order valence-corrected chi connectivity index (χ1v) is 8.24. The highest BCUT2D eigenvalue weighted by Gasteiger charge is 2.44. The number of hydrogen-bond donors (Lipinski definition) is 1. The summed E-state index contributed by atoms with van der Waals surface area (Å²) in [4.78, 5) is 9.49. The van der Waals surface area contributed by atoms with Crippen molar-refractivity contribution < 1.29 is 0 Å². The molecule has 2 atom stereocenters. The van der Waals surface area contributed by atoms with Crippen LogP contribution >= 0.6 is 11.3 Å². The minimum atomic E-state index is 0.273. The fourth-order valence-corrected chi connectivity index (χ4v) is 4.54. The first-order chi connectivity index (χ1) is 9.26. The molecule has 5 heteroatoms. The lowest BCUT2D eigenvalue weighted by Crippen LogP contribution is -2.61. The largest absolute Gasteiger partial charge is 0.346 e. The third-order valence-electron chi connectivity index (χ3n) is 5.12. The van der Waals surface area contributed by atoms with E-state index in [0.29, 0.717) is 0 Å². The second-order valence-electron chi connectivity index (χ2n) is 5.89. The van der Waals surface area contributed by atoms with Crippen LogP contribution in [0.1, 0.15) is 26.2 Å². The van der Waals surface area contributed by atoms with E-state index < -0.39 is 0 Å². The predicted molar refractivity (Wildman–Crippen MR) is 80.7 cm³/mol. The molecule has 19 heavy (non-hydrogen) atoms. The predicted octanol–water partition coefficient (Wildman–Crippen LogP) is 1.78. The summed E-state index contributed by atoms with van der Waals surface area (Å²) in [6, 6.07) is 0. The van der Waals surface area contributed by atoms with Gasteiger partial charge in [0.25, 0.3) is 0 Å².